The number of aliphatic carboxylic acids is 1. The Bertz CT molecular complexity index is 542. The molecule has 8 heteroatoms. The van der Waals surface area contributed by atoms with Crippen LogP contribution in [0.5, 0.6) is 0 Å². The fourth-order valence-corrected chi connectivity index (χ4v) is 3.50. The second kappa shape index (κ2) is 7.03. The van der Waals surface area contributed by atoms with Gasteiger partial charge in [0.15, 0.2) is 0 Å². The normalized spacial score (nSPS) is 17.4. The molecule has 0 spiro atoms. The first-order chi connectivity index (χ1) is 9.00. The number of piperazine rings is 1. The lowest BCUT2D eigenvalue weighted by Gasteiger charge is -2.32. The number of hydrogen-bond acceptors (Lipinski definition) is 4. The molecule has 1 fully saturated rings. The van der Waals surface area contributed by atoms with Crippen LogP contribution in [0.3, 0.4) is 0 Å². The van der Waals surface area contributed by atoms with Crippen molar-refractivity contribution in [2.24, 2.45) is 0 Å². The monoisotopic (exact) mass is 320 g/mol. The Morgan fingerprint density at radius 2 is 1.65 bits per heavy atom. The van der Waals surface area contributed by atoms with E-state index in [0.717, 1.165) is 0 Å². The lowest BCUT2D eigenvalue weighted by Crippen LogP contribution is -2.49. The van der Waals surface area contributed by atoms with E-state index in [2.05, 4.69) is 0 Å². The van der Waals surface area contributed by atoms with Crippen molar-refractivity contribution in [2.45, 2.75) is 4.90 Å². The molecule has 20 heavy (non-hydrogen) atoms. The molecule has 0 amide bonds. The van der Waals surface area contributed by atoms with Gasteiger partial charge in [-0.25, -0.2) is 8.42 Å². The third-order valence-corrected chi connectivity index (χ3v) is 4.98. The van der Waals surface area contributed by atoms with Gasteiger partial charge in [-0.05, 0) is 12.1 Å². The standard InChI is InChI=1S/C12H16N2O4S.ClH/c15-12(16)10-13-6-8-14(9-7-13)19(17,18)11-4-2-1-3-5-11;/h1-5H,6-10H2,(H,15,16);1H. The molecule has 0 aliphatic carbocycles. The van der Waals surface area contributed by atoms with Gasteiger partial charge in [-0.3, -0.25) is 9.69 Å². The van der Waals surface area contributed by atoms with Gasteiger partial charge < -0.3 is 5.11 Å². The predicted octanol–water partition coefficient (Wildman–Crippen LogP) is 0.499. The van der Waals surface area contributed by atoms with Crippen molar-refractivity contribution in [3.05, 3.63) is 30.3 Å². The fourth-order valence-electron chi connectivity index (χ4n) is 2.06. The number of sulfonamides is 1. The average molecular weight is 321 g/mol. The molecule has 112 valence electrons. The van der Waals surface area contributed by atoms with Crippen LogP contribution in [0.4, 0.5) is 0 Å². The maximum Gasteiger partial charge on any atom is 0.317 e. The van der Waals surface area contributed by atoms with E-state index in [1.54, 1.807) is 35.2 Å². The minimum absolute atomic E-state index is 0. The van der Waals surface area contributed by atoms with Crippen molar-refractivity contribution < 1.29 is 18.3 Å². The van der Waals surface area contributed by atoms with Gasteiger partial charge in [-0.15, -0.1) is 12.4 Å². The molecular weight excluding hydrogens is 304 g/mol. The molecule has 0 aromatic heterocycles. The summed E-state index contributed by atoms with van der Waals surface area (Å²) in [6, 6.07) is 8.28. The Balaban J connectivity index is 0.00000200. The number of carboxylic acid groups (broad SMARTS) is 1. The highest BCUT2D eigenvalue weighted by molar-refractivity contribution is 7.89. The van der Waals surface area contributed by atoms with Crippen LogP contribution in [0.2, 0.25) is 0 Å². The van der Waals surface area contributed by atoms with Crippen LogP contribution in [-0.4, -0.2) is 61.4 Å². The van der Waals surface area contributed by atoms with Crippen LogP contribution < -0.4 is 0 Å². The third-order valence-electron chi connectivity index (χ3n) is 3.07. The van der Waals surface area contributed by atoms with Crippen molar-refractivity contribution in [3.8, 4) is 0 Å². The highest BCUT2D eigenvalue weighted by atomic mass is 35.5. The Morgan fingerprint density at radius 1 is 1.10 bits per heavy atom. The van der Waals surface area contributed by atoms with Crippen LogP contribution in [0.1, 0.15) is 0 Å². The summed E-state index contributed by atoms with van der Waals surface area (Å²) in [6.07, 6.45) is 0. The zero-order valence-corrected chi connectivity index (χ0v) is 12.4. The maximum atomic E-state index is 12.3. The summed E-state index contributed by atoms with van der Waals surface area (Å²) in [5, 5.41) is 8.70. The number of carboxylic acids is 1. The smallest absolute Gasteiger partial charge is 0.317 e. The molecule has 0 radical (unpaired) electrons. The largest absolute Gasteiger partial charge is 0.480 e. The predicted molar refractivity (Wildman–Crippen MR) is 76.5 cm³/mol. The average Bonchev–Trinajstić information content (AvgIpc) is 2.40. The lowest BCUT2D eigenvalue weighted by atomic mass is 10.3. The van der Waals surface area contributed by atoms with E-state index in [-0.39, 0.29) is 23.8 Å². The molecule has 6 nitrogen and oxygen atoms in total. The van der Waals surface area contributed by atoms with Crippen LogP contribution in [0.25, 0.3) is 0 Å². The summed E-state index contributed by atoms with van der Waals surface area (Å²) in [4.78, 5) is 12.6. The Morgan fingerprint density at radius 3 is 2.15 bits per heavy atom. The van der Waals surface area contributed by atoms with Crippen molar-refractivity contribution in [1.82, 2.24) is 9.21 Å². The fraction of sp³-hybridized carbons (Fsp3) is 0.417. The molecule has 1 aromatic rings. The second-order valence-corrected chi connectivity index (χ2v) is 6.32. The van der Waals surface area contributed by atoms with E-state index in [1.807, 2.05) is 0 Å². The van der Waals surface area contributed by atoms with Crippen molar-refractivity contribution in [2.75, 3.05) is 32.7 Å². The SMILES string of the molecule is Cl.O=C(O)CN1CCN(S(=O)(=O)c2ccccc2)CC1. The second-order valence-electron chi connectivity index (χ2n) is 4.39. The summed E-state index contributed by atoms with van der Waals surface area (Å²) < 4.78 is 26.0. The summed E-state index contributed by atoms with van der Waals surface area (Å²) in [5.41, 5.74) is 0. The van der Waals surface area contributed by atoms with Crippen LogP contribution in [0, 0.1) is 0 Å². The maximum absolute atomic E-state index is 12.3. The zero-order chi connectivity index (χ0) is 13.9. The number of rotatable bonds is 4. The summed E-state index contributed by atoms with van der Waals surface area (Å²) in [6.45, 7) is 1.49. The van der Waals surface area contributed by atoms with Gasteiger partial charge in [0.1, 0.15) is 0 Å². The van der Waals surface area contributed by atoms with Crippen LogP contribution in [0.15, 0.2) is 35.2 Å². The molecule has 1 heterocycles. The highest BCUT2D eigenvalue weighted by Gasteiger charge is 2.28. The molecule has 1 aliphatic heterocycles. The van der Waals surface area contributed by atoms with Gasteiger partial charge in [0.05, 0.1) is 11.4 Å². The van der Waals surface area contributed by atoms with Crippen LogP contribution >= 0.6 is 12.4 Å². The highest BCUT2D eigenvalue weighted by Crippen LogP contribution is 2.16. The Labute approximate surface area is 124 Å². The number of benzene rings is 1. The first kappa shape index (κ1) is 16.9. The summed E-state index contributed by atoms with van der Waals surface area (Å²) in [7, 11) is -3.45. The Hall–Kier alpha value is -1.15. The first-order valence-electron chi connectivity index (χ1n) is 5.99. The molecule has 1 saturated heterocycles. The van der Waals surface area contributed by atoms with Gasteiger partial charge in [0, 0.05) is 26.2 Å². The number of carbonyl (C=O) groups is 1. The third kappa shape index (κ3) is 3.92. The van der Waals surface area contributed by atoms with Crippen LogP contribution in [-0.2, 0) is 14.8 Å². The molecule has 1 aliphatic rings. The van der Waals surface area contributed by atoms with Gasteiger partial charge >= 0.3 is 5.97 Å². The molecule has 2 rings (SSSR count). The van der Waals surface area contributed by atoms with E-state index >= 15 is 0 Å². The lowest BCUT2D eigenvalue weighted by molar-refractivity contribution is -0.138. The van der Waals surface area contributed by atoms with Crippen molar-refractivity contribution in [3.63, 3.8) is 0 Å². The number of halogens is 1. The molecule has 0 atom stereocenters. The van der Waals surface area contributed by atoms with Crippen molar-refractivity contribution in [1.29, 1.82) is 0 Å². The topological polar surface area (TPSA) is 77.9 Å². The quantitative estimate of drug-likeness (QED) is 0.874. The van der Waals surface area contributed by atoms with Gasteiger partial charge in [-0.1, -0.05) is 18.2 Å². The molecule has 0 bridgehead atoms. The molecule has 0 unspecified atom stereocenters. The van der Waals surface area contributed by atoms with Gasteiger partial charge in [0.2, 0.25) is 10.0 Å². The molecular formula is C12H17ClN2O4S. The Kier molecular flexibility index (Phi) is 5.94. The zero-order valence-electron chi connectivity index (χ0n) is 10.8. The molecule has 1 N–H and O–H groups in total. The minimum atomic E-state index is -3.45. The summed E-state index contributed by atoms with van der Waals surface area (Å²) in [5.74, 6) is -0.889. The van der Waals surface area contributed by atoms with E-state index in [0.29, 0.717) is 26.2 Å². The first-order valence-corrected chi connectivity index (χ1v) is 7.43. The summed E-state index contributed by atoms with van der Waals surface area (Å²) >= 11 is 0. The van der Waals surface area contributed by atoms with E-state index in [1.165, 1.54) is 4.31 Å². The minimum Gasteiger partial charge on any atom is -0.480 e. The molecule has 1 aromatic carbocycles. The van der Waals surface area contributed by atoms with Gasteiger partial charge in [-0.2, -0.15) is 4.31 Å². The van der Waals surface area contributed by atoms with E-state index < -0.39 is 16.0 Å². The molecule has 0 saturated carbocycles. The number of nitrogens with zero attached hydrogens (tertiary/aromatic N) is 2. The van der Waals surface area contributed by atoms with Gasteiger partial charge in [0.25, 0.3) is 0 Å². The van der Waals surface area contributed by atoms with Crippen molar-refractivity contribution >= 4 is 28.4 Å². The van der Waals surface area contributed by atoms with E-state index in [4.69, 9.17) is 5.11 Å². The van der Waals surface area contributed by atoms with E-state index in [9.17, 15) is 13.2 Å². The number of hydrogen-bond donors (Lipinski definition) is 1.